The number of para-hydroxylation sites is 1. The first-order chi connectivity index (χ1) is 15.5. The van der Waals surface area contributed by atoms with Gasteiger partial charge in [0.05, 0.1) is 23.3 Å². The summed E-state index contributed by atoms with van der Waals surface area (Å²) in [4.78, 5) is 43.2. The molecule has 0 saturated carbocycles. The van der Waals surface area contributed by atoms with Crippen molar-refractivity contribution in [2.75, 3.05) is 17.7 Å². The highest BCUT2D eigenvalue weighted by Crippen LogP contribution is 2.38. The third kappa shape index (κ3) is 4.47. The minimum absolute atomic E-state index is 0.0348. The number of amides is 1. The van der Waals surface area contributed by atoms with Crippen molar-refractivity contribution >= 4 is 62.2 Å². The van der Waals surface area contributed by atoms with E-state index in [1.807, 2.05) is 29.0 Å². The van der Waals surface area contributed by atoms with E-state index >= 15 is 0 Å². The molecule has 0 aliphatic rings. The van der Waals surface area contributed by atoms with Gasteiger partial charge in [-0.2, -0.15) is 0 Å². The van der Waals surface area contributed by atoms with Crippen LogP contribution in [0.5, 0.6) is 0 Å². The first kappa shape index (κ1) is 22.3. The molecular weight excluding hydrogens is 466 g/mol. The highest BCUT2D eigenvalue weighted by atomic mass is 32.2. The van der Waals surface area contributed by atoms with Crippen LogP contribution in [-0.4, -0.2) is 33.8 Å². The van der Waals surface area contributed by atoms with Crippen LogP contribution in [0.25, 0.3) is 21.3 Å². The zero-order valence-electron chi connectivity index (χ0n) is 17.3. The second kappa shape index (κ2) is 9.68. The predicted molar refractivity (Wildman–Crippen MR) is 130 cm³/mol. The molecule has 0 saturated heterocycles. The Morgan fingerprint density at radius 3 is 2.75 bits per heavy atom. The van der Waals surface area contributed by atoms with Crippen LogP contribution in [0, 0.1) is 0 Å². The Bertz CT molecular complexity index is 1340. The number of ether oxygens (including phenoxy) is 1. The third-order valence-electron chi connectivity index (χ3n) is 4.58. The summed E-state index contributed by atoms with van der Waals surface area (Å²) in [5, 5.41) is 8.01. The van der Waals surface area contributed by atoms with Gasteiger partial charge in [-0.15, -0.1) is 22.7 Å². The van der Waals surface area contributed by atoms with E-state index in [0.29, 0.717) is 26.6 Å². The summed E-state index contributed by atoms with van der Waals surface area (Å²) in [6, 6.07) is 10.9. The van der Waals surface area contributed by atoms with E-state index in [-0.39, 0.29) is 23.8 Å². The van der Waals surface area contributed by atoms with Crippen molar-refractivity contribution in [2.45, 2.75) is 12.1 Å². The van der Waals surface area contributed by atoms with E-state index in [4.69, 9.17) is 4.74 Å². The van der Waals surface area contributed by atoms with E-state index in [0.717, 1.165) is 22.2 Å². The molecule has 32 heavy (non-hydrogen) atoms. The number of hydrogen-bond donors (Lipinski definition) is 1. The van der Waals surface area contributed by atoms with Crippen molar-refractivity contribution in [1.82, 2.24) is 9.55 Å². The molecule has 4 aromatic rings. The fraction of sp³-hybridized carbons (Fsp3) is 0.182. The number of benzene rings is 1. The van der Waals surface area contributed by atoms with E-state index < -0.39 is 5.97 Å². The molecular formula is C22H19N3O4S3. The lowest BCUT2D eigenvalue weighted by molar-refractivity contribution is -0.113. The number of thiophene rings is 2. The number of fused-ring (bicyclic) bond motifs is 1. The zero-order valence-corrected chi connectivity index (χ0v) is 19.7. The number of anilines is 1. The molecule has 0 unspecified atom stereocenters. The van der Waals surface area contributed by atoms with Crippen LogP contribution in [0.2, 0.25) is 0 Å². The standard InChI is InChI=1S/C22H19N3O4S3/c1-3-29-21(28)18-14(16-9-6-10-30-16)11-31-19(18)24-17(26)12-32-22-23-15-8-5-4-7-13(15)20(27)25(22)2/h4-11H,3,12H2,1-2H3,(H,24,26). The summed E-state index contributed by atoms with van der Waals surface area (Å²) in [5.74, 6) is -0.742. The lowest BCUT2D eigenvalue weighted by Gasteiger charge is -2.10. The molecule has 164 valence electrons. The summed E-state index contributed by atoms with van der Waals surface area (Å²) in [6.07, 6.45) is 0. The number of nitrogens with one attached hydrogen (secondary N) is 1. The van der Waals surface area contributed by atoms with E-state index in [1.54, 1.807) is 32.2 Å². The quantitative estimate of drug-likeness (QED) is 0.233. The van der Waals surface area contributed by atoms with Crippen LogP contribution in [0.15, 0.2) is 57.1 Å². The summed E-state index contributed by atoms with van der Waals surface area (Å²) in [6.45, 7) is 1.98. The maximum absolute atomic E-state index is 12.7. The van der Waals surface area contributed by atoms with Crippen molar-refractivity contribution in [3.8, 4) is 10.4 Å². The average Bonchev–Trinajstić information content (AvgIpc) is 3.45. The number of carbonyl (C=O) groups excluding carboxylic acids is 2. The van der Waals surface area contributed by atoms with Gasteiger partial charge in [0, 0.05) is 22.9 Å². The molecule has 3 heterocycles. The Hall–Kier alpha value is -2.95. The SMILES string of the molecule is CCOC(=O)c1c(-c2cccs2)csc1NC(=O)CSc1nc2ccccc2c(=O)n1C. The maximum atomic E-state index is 12.7. The number of esters is 1. The topological polar surface area (TPSA) is 90.3 Å². The summed E-state index contributed by atoms with van der Waals surface area (Å²) in [7, 11) is 1.63. The van der Waals surface area contributed by atoms with Gasteiger partial charge in [0.2, 0.25) is 5.91 Å². The lowest BCUT2D eigenvalue weighted by Crippen LogP contribution is -2.21. The largest absolute Gasteiger partial charge is 0.462 e. The fourth-order valence-corrected chi connectivity index (χ4v) is 5.65. The maximum Gasteiger partial charge on any atom is 0.341 e. The average molecular weight is 486 g/mol. The van der Waals surface area contributed by atoms with Crippen LogP contribution in [-0.2, 0) is 16.6 Å². The molecule has 1 N–H and O–H groups in total. The first-order valence-electron chi connectivity index (χ1n) is 9.70. The summed E-state index contributed by atoms with van der Waals surface area (Å²) < 4.78 is 6.65. The smallest absolute Gasteiger partial charge is 0.341 e. The van der Waals surface area contributed by atoms with Crippen molar-refractivity contribution in [3.63, 3.8) is 0 Å². The number of hydrogen-bond acceptors (Lipinski definition) is 8. The van der Waals surface area contributed by atoms with Gasteiger partial charge in [-0.3, -0.25) is 14.2 Å². The lowest BCUT2D eigenvalue weighted by atomic mass is 10.1. The molecule has 1 aromatic carbocycles. The molecule has 0 radical (unpaired) electrons. The van der Waals surface area contributed by atoms with Gasteiger partial charge in [-0.1, -0.05) is 30.0 Å². The molecule has 0 aliphatic carbocycles. The second-order valence-electron chi connectivity index (χ2n) is 6.66. The summed E-state index contributed by atoms with van der Waals surface area (Å²) in [5.41, 5.74) is 1.52. The Morgan fingerprint density at radius 2 is 2.00 bits per heavy atom. The number of thioether (sulfide) groups is 1. The first-order valence-corrected chi connectivity index (χ1v) is 12.4. The van der Waals surface area contributed by atoms with Crippen LogP contribution >= 0.6 is 34.4 Å². The number of rotatable bonds is 7. The number of aromatic nitrogens is 2. The van der Waals surface area contributed by atoms with E-state index in [9.17, 15) is 14.4 Å². The van der Waals surface area contributed by atoms with Crippen molar-refractivity contribution in [2.24, 2.45) is 7.05 Å². The van der Waals surface area contributed by atoms with Gasteiger partial charge < -0.3 is 10.1 Å². The van der Waals surface area contributed by atoms with Crippen LogP contribution in [0.4, 0.5) is 5.00 Å². The van der Waals surface area contributed by atoms with E-state index in [1.165, 1.54) is 27.2 Å². The molecule has 0 atom stereocenters. The highest BCUT2D eigenvalue weighted by molar-refractivity contribution is 7.99. The fourth-order valence-electron chi connectivity index (χ4n) is 3.09. The van der Waals surface area contributed by atoms with Gasteiger partial charge in [0.25, 0.3) is 5.56 Å². The second-order valence-corrected chi connectivity index (χ2v) is 9.43. The third-order valence-corrected chi connectivity index (χ3v) is 7.41. The molecule has 0 fully saturated rings. The van der Waals surface area contributed by atoms with Crippen molar-refractivity contribution in [3.05, 3.63) is 63.1 Å². The van der Waals surface area contributed by atoms with Gasteiger partial charge >= 0.3 is 5.97 Å². The van der Waals surface area contributed by atoms with Crippen LogP contribution in [0.1, 0.15) is 17.3 Å². The molecule has 0 aliphatic heterocycles. The molecule has 3 aromatic heterocycles. The van der Waals surface area contributed by atoms with Crippen molar-refractivity contribution < 1.29 is 14.3 Å². The monoisotopic (exact) mass is 485 g/mol. The predicted octanol–water partition coefficient (Wildman–Crippen LogP) is 4.63. The van der Waals surface area contributed by atoms with Gasteiger partial charge in [0.15, 0.2) is 5.16 Å². The minimum Gasteiger partial charge on any atom is -0.462 e. The van der Waals surface area contributed by atoms with Gasteiger partial charge in [-0.05, 0) is 30.5 Å². The molecule has 7 nitrogen and oxygen atoms in total. The molecule has 0 spiro atoms. The van der Waals surface area contributed by atoms with Gasteiger partial charge in [0.1, 0.15) is 10.6 Å². The minimum atomic E-state index is -0.473. The number of carbonyl (C=O) groups is 2. The Morgan fingerprint density at radius 1 is 1.19 bits per heavy atom. The zero-order chi connectivity index (χ0) is 22.7. The van der Waals surface area contributed by atoms with Crippen LogP contribution < -0.4 is 10.9 Å². The normalized spacial score (nSPS) is 10.9. The number of nitrogens with zero attached hydrogens (tertiary/aromatic N) is 2. The molecule has 4 rings (SSSR count). The molecule has 1 amide bonds. The Balaban J connectivity index is 1.54. The van der Waals surface area contributed by atoms with E-state index in [2.05, 4.69) is 10.3 Å². The highest BCUT2D eigenvalue weighted by Gasteiger charge is 2.23. The van der Waals surface area contributed by atoms with Crippen LogP contribution in [0.3, 0.4) is 0 Å². The Kier molecular flexibility index (Phi) is 6.73. The van der Waals surface area contributed by atoms with Gasteiger partial charge in [-0.25, -0.2) is 9.78 Å². The molecule has 0 bridgehead atoms. The summed E-state index contributed by atoms with van der Waals surface area (Å²) >= 11 is 3.95. The van der Waals surface area contributed by atoms with Crippen molar-refractivity contribution in [1.29, 1.82) is 0 Å². The Labute approximate surface area is 196 Å². The molecule has 10 heteroatoms.